The number of aromatic nitrogens is 2. The van der Waals surface area contributed by atoms with Gasteiger partial charge in [0, 0.05) is 11.6 Å². The van der Waals surface area contributed by atoms with Gasteiger partial charge in [0.05, 0.1) is 29.7 Å². The van der Waals surface area contributed by atoms with E-state index < -0.39 is 0 Å². The maximum absolute atomic E-state index is 12.2. The van der Waals surface area contributed by atoms with Crippen LogP contribution in [-0.4, -0.2) is 33.7 Å². The summed E-state index contributed by atoms with van der Waals surface area (Å²) in [5, 5.41) is 4.40. The summed E-state index contributed by atoms with van der Waals surface area (Å²) in [7, 11) is 0. The molecule has 0 aliphatic heterocycles. The number of rotatable bonds is 7. The largest absolute Gasteiger partial charge is 0.466 e. The molecule has 0 radical (unpaired) electrons. The van der Waals surface area contributed by atoms with Crippen LogP contribution in [0.5, 0.6) is 0 Å². The molecular weight excluding hydrogens is 370 g/mol. The minimum absolute atomic E-state index is 0.136. The highest BCUT2D eigenvalue weighted by atomic mass is 35.5. The summed E-state index contributed by atoms with van der Waals surface area (Å²) in [5.41, 5.74) is 1.11. The number of halogens is 1. The number of nitrogens with zero attached hydrogens (tertiary/aromatic N) is 2. The molecule has 9 heteroatoms. The van der Waals surface area contributed by atoms with Crippen molar-refractivity contribution in [1.82, 2.24) is 9.97 Å². The average Bonchev–Trinajstić information content (AvgIpc) is 2.96. The Morgan fingerprint density at radius 3 is 3.00 bits per heavy atom. The Balaban J connectivity index is 1.91. The second kappa shape index (κ2) is 9.00. The highest BCUT2D eigenvalue weighted by molar-refractivity contribution is 8.02. The van der Waals surface area contributed by atoms with Crippen molar-refractivity contribution in [1.29, 1.82) is 0 Å². The Labute approximate surface area is 153 Å². The van der Waals surface area contributed by atoms with Gasteiger partial charge >= 0.3 is 5.97 Å². The molecule has 1 atom stereocenters. The lowest BCUT2D eigenvalue weighted by Crippen LogP contribution is -2.22. The van der Waals surface area contributed by atoms with E-state index in [1.807, 2.05) is 0 Å². The van der Waals surface area contributed by atoms with Crippen LogP contribution in [0.2, 0.25) is 5.15 Å². The SMILES string of the molecule is CCOC(=O)Cc1csc(SC(C)C(=O)Nc2cccnc2Cl)n1. The van der Waals surface area contributed by atoms with Crippen molar-refractivity contribution in [3.8, 4) is 0 Å². The first-order valence-corrected chi connectivity index (χ1v) is 9.31. The van der Waals surface area contributed by atoms with Crippen molar-refractivity contribution in [2.45, 2.75) is 29.9 Å². The maximum atomic E-state index is 12.2. The number of amides is 1. The van der Waals surface area contributed by atoms with Crippen molar-refractivity contribution in [2.24, 2.45) is 0 Å². The first-order valence-electron chi connectivity index (χ1n) is 7.17. The smallest absolute Gasteiger partial charge is 0.311 e. The number of anilines is 1. The summed E-state index contributed by atoms with van der Waals surface area (Å²) >= 11 is 8.63. The summed E-state index contributed by atoms with van der Waals surface area (Å²) in [4.78, 5) is 31.9. The van der Waals surface area contributed by atoms with E-state index in [0.717, 1.165) is 0 Å². The van der Waals surface area contributed by atoms with E-state index in [0.29, 0.717) is 22.3 Å². The fourth-order valence-corrected chi connectivity index (χ4v) is 3.85. The number of hydrogen-bond acceptors (Lipinski definition) is 7. The molecule has 1 amide bonds. The second-order valence-electron chi connectivity index (χ2n) is 4.68. The number of hydrogen-bond donors (Lipinski definition) is 1. The number of esters is 1. The Kier molecular flexibility index (Phi) is 7.01. The number of nitrogens with one attached hydrogen (secondary N) is 1. The summed E-state index contributed by atoms with van der Waals surface area (Å²) in [6.45, 7) is 3.88. The van der Waals surface area contributed by atoms with Crippen molar-refractivity contribution in [2.75, 3.05) is 11.9 Å². The lowest BCUT2D eigenvalue weighted by Gasteiger charge is -2.11. The number of thiazole rings is 1. The quantitative estimate of drug-likeness (QED) is 0.447. The molecule has 0 spiro atoms. The Morgan fingerprint density at radius 2 is 2.29 bits per heavy atom. The van der Waals surface area contributed by atoms with Gasteiger partial charge in [-0.25, -0.2) is 9.97 Å². The van der Waals surface area contributed by atoms with Crippen LogP contribution in [-0.2, 0) is 20.7 Å². The molecule has 0 saturated carbocycles. The molecule has 24 heavy (non-hydrogen) atoms. The molecule has 0 saturated heterocycles. The normalized spacial score (nSPS) is 11.8. The predicted molar refractivity (Wildman–Crippen MR) is 95.6 cm³/mol. The molecular formula is C15H16ClN3O3S2. The van der Waals surface area contributed by atoms with Crippen LogP contribution >= 0.6 is 34.7 Å². The second-order valence-corrected chi connectivity index (χ2v) is 7.48. The zero-order valence-electron chi connectivity index (χ0n) is 13.1. The standard InChI is InChI=1S/C15H16ClN3O3S2/c1-3-22-12(20)7-10-8-23-15(18-10)24-9(2)14(21)19-11-5-4-6-17-13(11)16/h4-6,8-9H,3,7H2,1-2H3,(H,19,21). The van der Waals surface area contributed by atoms with Gasteiger partial charge in [0.1, 0.15) is 0 Å². The fraction of sp³-hybridized carbons (Fsp3) is 0.333. The molecule has 6 nitrogen and oxygen atoms in total. The molecule has 2 rings (SSSR count). The number of thioether (sulfide) groups is 1. The lowest BCUT2D eigenvalue weighted by molar-refractivity contribution is -0.142. The van der Waals surface area contributed by atoms with Gasteiger partial charge in [0.2, 0.25) is 5.91 Å². The van der Waals surface area contributed by atoms with Crippen molar-refractivity contribution in [3.05, 3.63) is 34.6 Å². The van der Waals surface area contributed by atoms with E-state index in [2.05, 4.69) is 15.3 Å². The van der Waals surface area contributed by atoms with E-state index in [4.69, 9.17) is 16.3 Å². The summed E-state index contributed by atoms with van der Waals surface area (Å²) < 4.78 is 5.61. The zero-order valence-corrected chi connectivity index (χ0v) is 15.5. The molecule has 2 heterocycles. The zero-order chi connectivity index (χ0) is 17.5. The Morgan fingerprint density at radius 1 is 1.50 bits per heavy atom. The molecule has 128 valence electrons. The van der Waals surface area contributed by atoms with Gasteiger partial charge in [-0.15, -0.1) is 11.3 Å². The van der Waals surface area contributed by atoms with Gasteiger partial charge in [-0.3, -0.25) is 9.59 Å². The van der Waals surface area contributed by atoms with Crippen molar-refractivity contribution >= 4 is 52.3 Å². The van der Waals surface area contributed by atoms with E-state index >= 15 is 0 Å². The van der Waals surface area contributed by atoms with E-state index in [-0.39, 0.29) is 28.7 Å². The van der Waals surface area contributed by atoms with Crippen LogP contribution in [0.25, 0.3) is 0 Å². The van der Waals surface area contributed by atoms with E-state index in [1.165, 1.54) is 23.1 Å². The highest BCUT2D eigenvalue weighted by Crippen LogP contribution is 2.28. The maximum Gasteiger partial charge on any atom is 0.311 e. The van der Waals surface area contributed by atoms with Crippen LogP contribution in [0, 0.1) is 0 Å². The Bertz CT molecular complexity index is 723. The summed E-state index contributed by atoms with van der Waals surface area (Å²) in [6, 6.07) is 3.38. The molecule has 0 aromatic carbocycles. The predicted octanol–water partition coefficient (Wildman–Crippen LogP) is 3.42. The first-order chi connectivity index (χ1) is 11.5. The van der Waals surface area contributed by atoms with Gasteiger partial charge in [-0.2, -0.15) is 0 Å². The molecule has 1 N–H and O–H groups in total. The van der Waals surface area contributed by atoms with Crippen LogP contribution in [0.15, 0.2) is 28.0 Å². The Hall–Kier alpha value is -1.64. The fourth-order valence-electron chi connectivity index (χ4n) is 1.70. The molecule has 0 bridgehead atoms. The highest BCUT2D eigenvalue weighted by Gasteiger charge is 2.18. The molecule has 0 aliphatic carbocycles. The van der Waals surface area contributed by atoms with Crippen molar-refractivity contribution < 1.29 is 14.3 Å². The minimum Gasteiger partial charge on any atom is -0.466 e. The first kappa shape index (κ1) is 18.7. The van der Waals surface area contributed by atoms with Crippen molar-refractivity contribution in [3.63, 3.8) is 0 Å². The van der Waals surface area contributed by atoms with Gasteiger partial charge in [-0.05, 0) is 26.0 Å². The average molecular weight is 386 g/mol. The topological polar surface area (TPSA) is 81.2 Å². The van der Waals surface area contributed by atoms with Gasteiger partial charge < -0.3 is 10.1 Å². The van der Waals surface area contributed by atoms with Crippen LogP contribution in [0.1, 0.15) is 19.5 Å². The molecule has 0 fully saturated rings. The number of carbonyl (C=O) groups excluding carboxylic acids is 2. The molecule has 1 unspecified atom stereocenters. The third-order valence-electron chi connectivity index (χ3n) is 2.83. The molecule has 2 aromatic rings. The van der Waals surface area contributed by atoms with Gasteiger partial charge in [-0.1, -0.05) is 23.4 Å². The summed E-state index contributed by atoms with van der Waals surface area (Å²) in [5.74, 6) is -0.506. The molecule has 0 aliphatic rings. The van der Waals surface area contributed by atoms with Gasteiger partial charge in [0.25, 0.3) is 0 Å². The van der Waals surface area contributed by atoms with Crippen LogP contribution < -0.4 is 5.32 Å². The number of ether oxygens (including phenoxy) is 1. The van der Waals surface area contributed by atoms with E-state index in [9.17, 15) is 9.59 Å². The third-order valence-corrected chi connectivity index (χ3v) is 5.25. The van der Waals surface area contributed by atoms with Gasteiger partial charge in [0.15, 0.2) is 9.49 Å². The monoisotopic (exact) mass is 385 g/mol. The number of pyridine rings is 1. The molecule has 2 aromatic heterocycles. The lowest BCUT2D eigenvalue weighted by atomic mass is 10.3. The minimum atomic E-state index is -0.372. The van der Waals surface area contributed by atoms with E-state index in [1.54, 1.807) is 37.6 Å². The third kappa shape index (κ3) is 5.47. The van der Waals surface area contributed by atoms with Crippen LogP contribution in [0.4, 0.5) is 5.69 Å². The number of carbonyl (C=O) groups is 2. The summed E-state index contributed by atoms with van der Waals surface area (Å²) in [6.07, 6.45) is 1.69. The van der Waals surface area contributed by atoms with Crippen LogP contribution in [0.3, 0.4) is 0 Å².